The Kier molecular flexibility index (Phi) is 17.4. The third-order valence-corrected chi connectivity index (χ3v) is 7.77. The van der Waals surface area contributed by atoms with Crippen molar-refractivity contribution in [3.63, 3.8) is 0 Å². The first kappa shape index (κ1) is 39.9. The number of aliphatic hydroxyl groups is 6. The van der Waals surface area contributed by atoms with Crippen molar-refractivity contribution in [2.45, 2.75) is 121 Å². The Morgan fingerprint density at radius 2 is 1.04 bits per heavy atom. The number of nitrogens with zero attached hydrogens (tertiary/aromatic N) is 1. The fraction of sp³-hybridized carbons (Fsp3) is 0.862. The van der Waals surface area contributed by atoms with Crippen LogP contribution in [0.3, 0.4) is 0 Å². The highest BCUT2D eigenvalue weighted by Crippen LogP contribution is 2.22. The minimum Gasteiger partial charge on any atom is -0.388 e. The van der Waals surface area contributed by atoms with Crippen LogP contribution in [0.2, 0.25) is 0 Å². The first-order valence-corrected chi connectivity index (χ1v) is 15.7. The van der Waals surface area contributed by atoms with Crippen molar-refractivity contribution in [1.82, 2.24) is 15.5 Å². The third-order valence-electron chi connectivity index (χ3n) is 7.77. The molecule has 0 aromatic carbocycles. The fourth-order valence-corrected chi connectivity index (χ4v) is 4.85. The zero-order valence-electron chi connectivity index (χ0n) is 26.7. The van der Waals surface area contributed by atoms with Gasteiger partial charge in [-0.25, -0.2) is 0 Å². The predicted octanol–water partition coefficient (Wildman–Crippen LogP) is -3.33. The molecule has 17 heteroatoms. The van der Waals surface area contributed by atoms with Crippen LogP contribution in [0.25, 0.3) is 0 Å². The average Bonchev–Trinajstić information content (AvgIpc) is 3.01. The molecule has 266 valence electrons. The molecular weight excluding hydrogens is 614 g/mol. The van der Waals surface area contributed by atoms with Crippen LogP contribution in [0.1, 0.15) is 59.3 Å². The first-order valence-electron chi connectivity index (χ1n) is 15.7. The van der Waals surface area contributed by atoms with Crippen molar-refractivity contribution in [3.8, 4) is 0 Å². The second-order valence-electron chi connectivity index (χ2n) is 11.6. The Labute approximate surface area is 268 Å². The second kappa shape index (κ2) is 20.1. The van der Waals surface area contributed by atoms with Crippen LogP contribution in [0.4, 0.5) is 0 Å². The molecule has 2 fully saturated rings. The number of Topliss-reactive ketones (excluding diaryl/α,β-unsaturated/α-hetero) is 1. The van der Waals surface area contributed by atoms with Gasteiger partial charge < -0.3 is 69.9 Å². The van der Waals surface area contributed by atoms with E-state index in [0.29, 0.717) is 19.3 Å². The Morgan fingerprint density at radius 3 is 1.46 bits per heavy atom. The van der Waals surface area contributed by atoms with E-state index in [2.05, 4.69) is 10.6 Å². The normalized spacial score (nSPS) is 31.2. The molecule has 2 saturated heterocycles. The van der Waals surface area contributed by atoms with Gasteiger partial charge >= 0.3 is 0 Å². The highest BCUT2D eigenvalue weighted by molar-refractivity contribution is 5.80. The van der Waals surface area contributed by atoms with E-state index in [0.717, 1.165) is 0 Å². The molecule has 46 heavy (non-hydrogen) atoms. The van der Waals surface area contributed by atoms with E-state index in [4.69, 9.17) is 18.9 Å². The highest BCUT2D eigenvalue weighted by atomic mass is 16.7. The summed E-state index contributed by atoms with van der Waals surface area (Å²) in [6, 6.07) is 0. The summed E-state index contributed by atoms with van der Waals surface area (Å²) in [5, 5.41) is 64.5. The number of ketones is 1. The maximum Gasteiger partial charge on any atom is 0.222 e. The summed E-state index contributed by atoms with van der Waals surface area (Å²) in [4.78, 5) is 50.4. The smallest absolute Gasteiger partial charge is 0.222 e. The van der Waals surface area contributed by atoms with Gasteiger partial charge in [-0.2, -0.15) is 0 Å². The van der Waals surface area contributed by atoms with Gasteiger partial charge in [0.1, 0.15) is 42.4 Å². The van der Waals surface area contributed by atoms with Gasteiger partial charge in [0.2, 0.25) is 17.7 Å². The standard InChI is InChI=1S/C29H51N3O14/c1-16(33)6-4-5-7-21(36)32(12-8-19(34)30-10-14-43-28-26(41)24(39)22(37)17(2)45-28)13-9-20(35)31-11-15-44-29-27(42)25(40)23(38)18(3)46-29/h17-18,22-29,37-42H,4-15H2,1-3H3,(H,30,34)(H,31,35)/t17-,18-,22+,23+,24+,25+,26-,27-,28+,29+/m0/s1. The Bertz CT molecular complexity index is 915. The Balaban J connectivity index is 1.75. The van der Waals surface area contributed by atoms with E-state index in [1.807, 2.05) is 0 Å². The number of aliphatic hydroxyl groups excluding tert-OH is 6. The van der Waals surface area contributed by atoms with E-state index in [1.54, 1.807) is 0 Å². The van der Waals surface area contributed by atoms with Crippen LogP contribution in [0, 0.1) is 0 Å². The number of rotatable bonds is 19. The summed E-state index contributed by atoms with van der Waals surface area (Å²) >= 11 is 0. The summed E-state index contributed by atoms with van der Waals surface area (Å²) in [5.74, 6) is -1.04. The van der Waals surface area contributed by atoms with Gasteiger partial charge in [-0.3, -0.25) is 14.4 Å². The molecule has 2 rings (SSSR count). The van der Waals surface area contributed by atoms with Gasteiger partial charge in [0.25, 0.3) is 0 Å². The van der Waals surface area contributed by atoms with Crippen molar-refractivity contribution >= 4 is 23.5 Å². The quantitative estimate of drug-likeness (QED) is 0.0629. The molecule has 10 atom stereocenters. The Hall–Kier alpha value is -2.32. The van der Waals surface area contributed by atoms with Gasteiger partial charge in [0.15, 0.2) is 12.6 Å². The van der Waals surface area contributed by atoms with Crippen LogP contribution in [-0.2, 0) is 38.1 Å². The van der Waals surface area contributed by atoms with Crippen LogP contribution in [0.5, 0.6) is 0 Å². The van der Waals surface area contributed by atoms with Gasteiger partial charge in [0, 0.05) is 51.9 Å². The van der Waals surface area contributed by atoms with Crippen molar-refractivity contribution in [3.05, 3.63) is 0 Å². The minimum atomic E-state index is -1.46. The minimum absolute atomic E-state index is 0.0197. The van der Waals surface area contributed by atoms with Gasteiger partial charge in [-0.15, -0.1) is 0 Å². The monoisotopic (exact) mass is 665 g/mol. The van der Waals surface area contributed by atoms with Gasteiger partial charge in [0.05, 0.1) is 25.4 Å². The number of carbonyl (C=O) groups excluding carboxylic acids is 4. The molecule has 2 aliphatic rings. The number of carbonyl (C=O) groups is 4. The summed E-state index contributed by atoms with van der Waals surface area (Å²) in [6.45, 7) is 4.55. The topological polar surface area (TPSA) is 254 Å². The zero-order chi connectivity index (χ0) is 34.4. The van der Waals surface area contributed by atoms with Crippen molar-refractivity contribution in [2.75, 3.05) is 39.4 Å². The lowest BCUT2D eigenvalue weighted by molar-refractivity contribution is -0.292. The third kappa shape index (κ3) is 13.1. The van der Waals surface area contributed by atoms with E-state index in [-0.39, 0.29) is 70.3 Å². The van der Waals surface area contributed by atoms with E-state index in [9.17, 15) is 49.8 Å². The van der Waals surface area contributed by atoms with Gasteiger partial charge in [-0.05, 0) is 33.6 Å². The molecule has 8 N–H and O–H groups in total. The summed E-state index contributed by atoms with van der Waals surface area (Å²) in [7, 11) is 0. The molecule has 0 radical (unpaired) electrons. The average molecular weight is 666 g/mol. The molecule has 0 aromatic heterocycles. The van der Waals surface area contributed by atoms with Crippen LogP contribution >= 0.6 is 0 Å². The van der Waals surface area contributed by atoms with Crippen molar-refractivity contribution in [1.29, 1.82) is 0 Å². The van der Waals surface area contributed by atoms with Crippen molar-refractivity contribution in [2.24, 2.45) is 0 Å². The molecule has 0 saturated carbocycles. The van der Waals surface area contributed by atoms with Crippen LogP contribution in [0.15, 0.2) is 0 Å². The fourth-order valence-electron chi connectivity index (χ4n) is 4.85. The predicted molar refractivity (Wildman–Crippen MR) is 158 cm³/mol. The maximum absolute atomic E-state index is 12.9. The molecule has 0 spiro atoms. The van der Waals surface area contributed by atoms with Crippen molar-refractivity contribution < 1.29 is 68.8 Å². The molecule has 2 aliphatic heterocycles. The largest absolute Gasteiger partial charge is 0.388 e. The lowest BCUT2D eigenvalue weighted by Crippen LogP contribution is -2.57. The van der Waals surface area contributed by atoms with Crippen LogP contribution < -0.4 is 10.6 Å². The molecule has 0 unspecified atom stereocenters. The van der Waals surface area contributed by atoms with Crippen LogP contribution in [-0.4, -0.2) is 160 Å². The maximum atomic E-state index is 12.9. The van der Waals surface area contributed by atoms with E-state index in [1.165, 1.54) is 25.7 Å². The van der Waals surface area contributed by atoms with E-state index >= 15 is 0 Å². The Morgan fingerprint density at radius 1 is 0.630 bits per heavy atom. The number of ether oxygens (including phenoxy) is 4. The number of unbranched alkanes of at least 4 members (excludes halogenated alkanes) is 1. The molecule has 0 aromatic rings. The molecule has 0 bridgehead atoms. The first-order chi connectivity index (χ1) is 21.7. The zero-order valence-corrected chi connectivity index (χ0v) is 26.7. The molecule has 2 heterocycles. The summed E-state index contributed by atoms with van der Waals surface area (Å²) < 4.78 is 21.5. The SMILES string of the molecule is CC(=O)CCCCC(=O)N(CCC(=O)NCCO[C@@H]1O[C@@H](C)[C@@H](O)[C@@H](O)[C@@H]1O)CCC(=O)NCCO[C@@H]1O[C@@H](C)[C@@H](O)[C@@H](O)[C@@H]1O. The molecule has 17 nitrogen and oxygen atoms in total. The second-order valence-corrected chi connectivity index (χ2v) is 11.6. The molecule has 3 amide bonds. The number of hydrogen-bond donors (Lipinski definition) is 8. The lowest BCUT2D eigenvalue weighted by atomic mass is 10.0. The number of hydrogen-bond acceptors (Lipinski definition) is 14. The summed E-state index contributed by atoms with van der Waals surface area (Å²) in [5.41, 5.74) is 0. The van der Waals surface area contributed by atoms with Gasteiger partial charge in [-0.1, -0.05) is 0 Å². The number of nitrogens with one attached hydrogen (secondary N) is 2. The number of amides is 3. The highest BCUT2D eigenvalue weighted by Gasteiger charge is 2.43. The molecule has 0 aliphatic carbocycles. The molecular formula is C29H51N3O14. The van der Waals surface area contributed by atoms with E-state index < -0.39 is 73.2 Å². The lowest BCUT2D eigenvalue weighted by Gasteiger charge is -2.38. The summed E-state index contributed by atoms with van der Waals surface area (Å²) in [6.07, 6.45) is -10.9.